The number of nitrogens with zero attached hydrogens (tertiary/aromatic N) is 3. The van der Waals surface area contributed by atoms with Gasteiger partial charge >= 0.3 is 6.03 Å². The summed E-state index contributed by atoms with van der Waals surface area (Å²) in [6.45, 7) is 3.14. The molecule has 1 aromatic heterocycles. The van der Waals surface area contributed by atoms with E-state index in [1.165, 1.54) is 45.0 Å². The largest absolute Gasteiger partial charge is 0.467 e. The summed E-state index contributed by atoms with van der Waals surface area (Å²) in [5.74, 6) is 0.551. The Morgan fingerprint density at radius 3 is 2.86 bits per heavy atom. The number of rotatable bonds is 6. The molecule has 0 aliphatic carbocycles. The van der Waals surface area contributed by atoms with Gasteiger partial charge in [0, 0.05) is 19.6 Å². The first-order chi connectivity index (χ1) is 14.0. The fourth-order valence-electron chi connectivity index (χ4n) is 5.00. The number of urea groups is 1. The molecule has 4 rings (SSSR count). The van der Waals surface area contributed by atoms with E-state index in [0.717, 1.165) is 11.3 Å². The molecule has 3 aliphatic rings. The first kappa shape index (κ1) is 19.9. The highest BCUT2D eigenvalue weighted by molar-refractivity contribution is 6.05. The predicted octanol–water partition coefficient (Wildman–Crippen LogP) is 1.81. The van der Waals surface area contributed by atoms with E-state index in [9.17, 15) is 14.4 Å². The predicted molar refractivity (Wildman–Crippen MR) is 106 cm³/mol. The number of furan rings is 1. The summed E-state index contributed by atoms with van der Waals surface area (Å²) in [6.07, 6.45) is 7.58. The third-order valence-corrected chi connectivity index (χ3v) is 6.54. The molecular weight excluding hydrogens is 372 g/mol. The van der Waals surface area contributed by atoms with Crippen molar-refractivity contribution in [2.24, 2.45) is 5.92 Å². The quantitative estimate of drug-likeness (QED) is 0.734. The van der Waals surface area contributed by atoms with Crippen molar-refractivity contribution in [2.75, 3.05) is 26.7 Å². The molecule has 0 bridgehead atoms. The average Bonchev–Trinajstić information content (AvgIpc) is 3.32. The Kier molecular flexibility index (Phi) is 5.89. The van der Waals surface area contributed by atoms with Crippen LogP contribution >= 0.6 is 0 Å². The summed E-state index contributed by atoms with van der Waals surface area (Å²) in [4.78, 5) is 43.0. The highest BCUT2D eigenvalue weighted by Gasteiger charge is 2.40. The van der Waals surface area contributed by atoms with Gasteiger partial charge in [0.05, 0.1) is 19.2 Å². The molecular formula is C21H30N4O4. The van der Waals surface area contributed by atoms with E-state index in [1.54, 1.807) is 17.0 Å². The zero-order valence-corrected chi connectivity index (χ0v) is 17.0. The van der Waals surface area contributed by atoms with Crippen LogP contribution in [-0.2, 0) is 16.1 Å². The molecule has 3 saturated heterocycles. The van der Waals surface area contributed by atoms with Gasteiger partial charge < -0.3 is 19.5 Å². The van der Waals surface area contributed by atoms with Crippen molar-refractivity contribution in [3.63, 3.8) is 0 Å². The molecule has 0 spiro atoms. The third-order valence-electron chi connectivity index (χ3n) is 6.54. The second-order valence-corrected chi connectivity index (χ2v) is 8.49. The first-order valence-electron chi connectivity index (χ1n) is 10.6. The lowest BCUT2D eigenvalue weighted by Gasteiger charge is -2.45. The van der Waals surface area contributed by atoms with Gasteiger partial charge in [-0.15, -0.1) is 0 Å². The Balaban J connectivity index is 1.31. The lowest BCUT2D eigenvalue weighted by Crippen LogP contribution is -2.51. The minimum atomic E-state index is -0.801. The zero-order chi connectivity index (χ0) is 20.4. The molecule has 0 unspecified atom stereocenters. The lowest BCUT2D eigenvalue weighted by molar-refractivity contribution is -0.135. The second kappa shape index (κ2) is 8.57. The lowest BCUT2D eigenvalue weighted by atomic mass is 9.83. The summed E-state index contributed by atoms with van der Waals surface area (Å²) in [5, 5.41) is 2.64. The summed E-state index contributed by atoms with van der Waals surface area (Å²) < 4.78 is 5.22. The van der Waals surface area contributed by atoms with E-state index < -0.39 is 12.1 Å². The van der Waals surface area contributed by atoms with Crippen LogP contribution in [0.1, 0.15) is 44.3 Å². The molecule has 4 amide bonds. The molecule has 8 nitrogen and oxygen atoms in total. The molecule has 4 heterocycles. The van der Waals surface area contributed by atoms with Gasteiger partial charge in [0.2, 0.25) is 5.91 Å². The topological polar surface area (TPSA) is 86.1 Å². The average molecular weight is 402 g/mol. The highest BCUT2D eigenvalue weighted by Crippen LogP contribution is 2.31. The third kappa shape index (κ3) is 4.32. The van der Waals surface area contributed by atoms with Gasteiger partial charge in [0.1, 0.15) is 11.8 Å². The smallest absolute Gasteiger partial charge is 0.325 e. The molecule has 0 saturated carbocycles. The Morgan fingerprint density at radius 1 is 1.24 bits per heavy atom. The maximum absolute atomic E-state index is 12.8. The minimum Gasteiger partial charge on any atom is -0.467 e. The molecule has 1 N–H and O–H groups in total. The van der Waals surface area contributed by atoms with Gasteiger partial charge in [-0.05, 0) is 56.8 Å². The summed E-state index contributed by atoms with van der Waals surface area (Å²) in [7, 11) is 1.81. The van der Waals surface area contributed by atoms with E-state index in [0.29, 0.717) is 24.3 Å². The van der Waals surface area contributed by atoms with Crippen LogP contribution in [0, 0.1) is 5.92 Å². The van der Waals surface area contributed by atoms with Crippen molar-refractivity contribution >= 4 is 17.8 Å². The van der Waals surface area contributed by atoms with Gasteiger partial charge in [-0.2, -0.15) is 0 Å². The van der Waals surface area contributed by atoms with Crippen LogP contribution in [0.4, 0.5) is 4.79 Å². The van der Waals surface area contributed by atoms with Crippen LogP contribution in [0.25, 0.3) is 0 Å². The number of hydrogen-bond acceptors (Lipinski definition) is 5. The van der Waals surface area contributed by atoms with Crippen LogP contribution in [0.2, 0.25) is 0 Å². The number of imide groups is 1. The van der Waals surface area contributed by atoms with Gasteiger partial charge in [-0.1, -0.05) is 6.42 Å². The fraction of sp³-hybridized carbons (Fsp3) is 0.667. The van der Waals surface area contributed by atoms with Crippen LogP contribution in [0.15, 0.2) is 22.8 Å². The monoisotopic (exact) mass is 402 g/mol. The van der Waals surface area contributed by atoms with Crippen molar-refractivity contribution in [1.82, 2.24) is 20.0 Å². The normalized spacial score (nSPS) is 27.6. The van der Waals surface area contributed by atoms with E-state index in [4.69, 9.17) is 4.42 Å². The Morgan fingerprint density at radius 2 is 2.07 bits per heavy atom. The van der Waals surface area contributed by atoms with Crippen molar-refractivity contribution in [3.8, 4) is 0 Å². The molecule has 29 heavy (non-hydrogen) atoms. The van der Waals surface area contributed by atoms with E-state index in [-0.39, 0.29) is 24.8 Å². The van der Waals surface area contributed by atoms with Crippen LogP contribution in [-0.4, -0.2) is 71.3 Å². The van der Waals surface area contributed by atoms with Gasteiger partial charge in [-0.25, -0.2) is 4.79 Å². The SMILES string of the molecule is CN(C[C@@H]1CCCN2CCCC[C@@H]12)C(=O)C[C@@H]1NC(=O)N(Cc2ccco2)C1=O. The molecule has 3 fully saturated rings. The minimum absolute atomic E-state index is 0.00315. The molecule has 1 aromatic rings. The Bertz CT molecular complexity index is 748. The van der Waals surface area contributed by atoms with Crippen LogP contribution < -0.4 is 5.32 Å². The number of nitrogens with one attached hydrogen (secondary N) is 1. The second-order valence-electron chi connectivity index (χ2n) is 8.49. The molecule has 8 heteroatoms. The Hall–Kier alpha value is -2.35. The van der Waals surface area contributed by atoms with Crippen molar-refractivity contribution in [3.05, 3.63) is 24.2 Å². The molecule has 0 aromatic carbocycles. The molecule has 158 valence electrons. The summed E-state index contributed by atoms with van der Waals surface area (Å²) in [6, 6.07) is 2.72. The number of carbonyl (C=O) groups is 3. The van der Waals surface area contributed by atoms with Crippen molar-refractivity contribution in [1.29, 1.82) is 0 Å². The summed E-state index contributed by atoms with van der Waals surface area (Å²) in [5.41, 5.74) is 0. The first-order valence-corrected chi connectivity index (χ1v) is 10.6. The van der Waals surface area contributed by atoms with E-state index in [1.807, 2.05) is 7.05 Å². The van der Waals surface area contributed by atoms with Crippen molar-refractivity contribution in [2.45, 2.75) is 57.2 Å². The zero-order valence-electron chi connectivity index (χ0n) is 17.0. The molecule has 3 atom stereocenters. The maximum Gasteiger partial charge on any atom is 0.325 e. The van der Waals surface area contributed by atoms with Crippen LogP contribution in [0.5, 0.6) is 0 Å². The number of piperidine rings is 2. The van der Waals surface area contributed by atoms with Gasteiger partial charge in [-0.3, -0.25) is 14.5 Å². The summed E-state index contributed by atoms with van der Waals surface area (Å²) >= 11 is 0. The number of carbonyl (C=O) groups excluding carboxylic acids is 3. The van der Waals surface area contributed by atoms with Gasteiger partial charge in [0.15, 0.2) is 0 Å². The number of hydrogen-bond donors (Lipinski definition) is 1. The molecule has 3 aliphatic heterocycles. The maximum atomic E-state index is 12.8. The van der Waals surface area contributed by atoms with Crippen molar-refractivity contribution < 1.29 is 18.8 Å². The van der Waals surface area contributed by atoms with E-state index >= 15 is 0 Å². The fourth-order valence-corrected chi connectivity index (χ4v) is 5.00. The highest BCUT2D eigenvalue weighted by atomic mass is 16.3. The standard InChI is InChI=1S/C21H30N4O4/c1-23(13-15-6-4-10-24-9-3-2-8-18(15)24)19(26)12-17-20(27)25(21(28)22-17)14-16-7-5-11-29-16/h5,7,11,15,17-18H,2-4,6,8-10,12-14H2,1H3,(H,22,28)/t15-,17-,18-/m0/s1. The van der Waals surface area contributed by atoms with E-state index in [2.05, 4.69) is 10.2 Å². The number of amides is 4. The van der Waals surface area contributed by atoms with Gasteiger partial charge in [0.25, 0.3) is 5.91 Å². The number of fused-ring (bicyclic) bond motifs is 1. The molecule has 0 radical (unpaired) electrons. The van der Waals surface area contributed by atoms with Crippen LogP contribution in [0.3, 0.4) is 0 Å². The Labute approximate surface area is 171 Å².